The van der Waals surface area contributed by atoms with Gasteiger partial charge >= 0.3 is 5.97 Å². The van der Waals surface area contributed by atoms with Crippen LogP contribution in [-0.4, -0.2) is 20.2 Å². The zero-order chi connectivity index (χ0) is 19.1. The third kappa shape index (κ3) is 4.88. The molecule has 4 heteroatoms. The fourth-order valence-electron chi connectivity index (χ4n) is 2.80. The summed E-state index contributed by atoms with van der Waals surface area (Å²) in [7, 11) is 3.02. The van der Waals surface area contributed by atoms with Crippen molar-refractivity contribution >= 4 is 5.97 Å². The summed E-state index contributed by atoms with van der Waals surface area (Å²) >= 11 is 0. The van der Waals surface area contributed by atoms with Crippen molar-refractivity contribution in [3.05, 3.63) is 83.9 Å². The lowest BCUT2D eigenvalue weighted by atomic mass is 10.0. The second-order valence-corrected chi connectivity index (χ2v) is 6.09. The summed E-state index contributed by atoms with van der Waals surface area (Å²) < 4.78 is 16.2. The minimum atomic E-state index is -0.256. The zero-order valence-electron chi connectivity index (χ0n) is 15.5. The van der Waals surface area contributed by atoms with Crippen LogP contribution < -0.4 is 9.47 Å². The van der Waals surface area contributed by atoms with Gasteiger partial charge < -0.3 is 14.2 Å². The molecule has 0 aliphatic carbocycles. The molecule has 0 radical (unpaired) electrons. The van der Waals surface area contributed by atoms with Crippen LogP contribution in [0.4, 0.5) is 0 Å². The molecular formula is C23H22O4. The van der Waals surface area contributed by atoms with E-state index < -0.39 is 0 Å². The van der Waals surface area contributed by atoms with Gasteiger partial charge in [-0.25, -0.2) is 0 Å². The van der Waals surface area contributed by atoms with Crippen LogP contribution in [0.25, 0.3) is 11.1 Å². The van der Waals surface area contributed by atoms with Gasteiger partial charge in [0.15, 0.2) is 11.5 Å². The molecule has 0 aromatic heterocycles. The average Bonchev–Trinajstić information content (AvgIpc) is 2.73. The molecule has 0 fully saturated rings. The van der Waals surface area contributed by atoms with Gasteiger partial charge in [0.05, 0.1) is 20.6 Å². The predicted molar refractivity (Wildman–Crippen MR) is 105 cm³/mol. The fourth-order valence-corrected chi connectivity index (χ4v) is 2.80. The fraction of sp³-hybridized carbons (Fsp3) is 0.174. The van der Waals surface area contributed by atoms with E-state index in [0.29, 0.717) is 18.1 Å². The van der Waals surface area contributed by atoms with Crippen molar-refractivity contribution in [1.82, 2.24) is 0 Å². The molecule has 0 aliphatic rings. The quantitative estimate of drug-likeness (QED) is 0.574. The van der Waals surface area contributed by atoms with E-state index in [2.05, 4.69) is 0 Å². The number of esters is 1. The summed E-state index contributed by atoms with van der Waals surface area (Å²) in [6.45, 7) is 0.461. The van der Waals surface area contributed by atoms with E-state index in [-0.39, 0.29) is 12.4 Å². The second-order valence-electron chi connectivity index (χ2n) is 6.09. The molecule has 0 bridgehead atoms. The number of rotatable bonds is 7. The van der Waals surface area contributed by atoms with Crippen LogP contribution in [0.2, 0.25) is 0 Å². The Morgan fingerprint density at radius 2 is 1.52 bits per heavy atom. The topological polar surface area (TPSA) is 44.8 Å². The highest BCUT2D eigenvalue weighted by molar-refractivity contribution is 5.74. The van der Waals surface area contributed by atoms with Gasteiger partial charge in [-0.3, -0.25) is 4.79 Å². The first-order chi connectivity index (χ1) is 13.2. The Labute approximate surface area is 159 Å². The molecule has 0 aliphatic heterocycles. The van der Waals surface area contributed by atoms with Crippen molar-refractivity contribution in [3.63, 3.8) is 0 Å². The maximum atomic E-state index is 11.5. The Kier molecular flexibility index (Phi) is 6.10. The Morgan fingerprint density at radius 1 is 0.778 bits per heavy atom. The van der Waals surface area contributed by atoms with E-state index >= 15 is 0 Å². The van der Waals surface area contributed by atoms with Crippen molar-refractivity contribution in [2.75, 3.05) is 14.2 Å². The van der Waals surface area contributed by atoms with Crippen molar-refractivity contribution in [3.8, 4) is 22.6 Å². The summed E-state index contributed by atoms with van der Waals surface area (Å²) in [5.41, 5.74) is 3.99. The number of hydrogen-bond donors (Lipinski definition) is 0. The van der Waals surface area contributed by atoms with E-state index in [4.69, 9.17) is 14.2 Å². The maximum absolute atomic E-state index is 11.5. The third-order valence-corrected chi connectivity index (χ3v) is 4.24. The van der Waals surface area contributed by atoms with Crippen LogP contribution >= 0.6 is 0 Å². The molecule has 3 aromatic rings. The number of ether oxygens (including phenoxy) is 3. The Hall–Kier alpha value is -3.27. The van der Waals surface area contributed by atoms with Gasteiger partial charge in [-0.1, -0.05) is 60.7 Å². The van der Waals surface area contributed by atoms with Gasteiger partial charge in [0.25, 0.3) is 0 Å². The van der Waals surface area contributed by atoms with Crippen LogP contribution in [0.15, 0.2) is 72.8 Å². The van der Waals surface area contributed by atoms with Gasteiger partial charge in [0.2, 0.25) is 0 Å². The first-order valence-corrected chi connectivity index (χ1v) is 8.70. The van der Waals surface area contributed by atoms with Crippen LogP contribution in [0.5, 0.6) is 11.5 Å². The maximum Gasteiger partial charge on any atom is 0.309 e. The van der Waals surface area contributed by atoms with Crippen LogP contribution in [0.1, 0.15) is 11.1 Å². The molecule has 0 spiro atoms. The van der Waals surface area contributed by atoms with E-state index in [0.717, 1.165) is 22.3 Å². The number of hydrogen-bond acceptors (Lipinski definition) is 4. The number of carbonyl (C=O) groups is 1. The largest absolute Gasteiger partial charge is 0.493 e. The normalized spacial score (nSPS) is 10.3. The Morgan fingerprint density at radius 3 is 2.26 bits per heavy atom. The van der Waals surface area contributed by atoms with Crippen LogP contribution in [0.3, 0.4) is 0 Å². The lowest BCUT2D eigenvalue weighted by Gasteiger charge is -2.13. The monoisotopic (exact) mass is 362 g/mol. The molecule has 0 heterocycles. The molecule has 4 nitrogen and oxygen atoms in total. The molecule has 0 unspecified atom stereocenters. The minimum Gasteiger partial charge on any atom is -0.493 e. The van der Waals surface area contributed by atoms with E-state index in [1.807, 2.05) is 72.8 Å². The zero-order valence-corrected chi connectivity index (χ0v) is 15.5. The summed E-state index contributed by atoms with van der Waals surface area (Å²) in [5.74, 6) is 1.10. The summed E-state index contributed by atoms with van der Waals surface area (Å²) in [5, 5.41) is 0. The summed E-state index contributed by atoms with van der Waals surface area (Å²) in [4.78, 5) is 11.5. The second kappa shape index (κ2) is 8.90. The lowest BCUT2D eigenvalue weighted by Crippen LogP contribution is -2.04. The van der Waals surface area contributed by atoms with E-state index in [1.54, 1.807) is 7.11 Å². The number of carbonyl (C=O) groups excluding carboxylic acids is 1. The summed E-state index contributed by atoms with van der Waals surface area (Å²) in [6, 6.07) is 23.7. The van der Waals surface area contributed by atoms with Gasteiger partial charge in [-0.05, 0) is 34.4 Å². The van der Waals surface area contributed by atoms with Crippen molar-refractivity contribution in [1.29, 1.82) is 0 Å². The lowest BCUT2D eigenvalue weighted by molar-refractivity contribution is -0.139. The molecule has 0 atom stereocenters. The molecule has 3 rings (SSSR count). The van der Waals surface area contributed by atoms with Crippen molar-refractivity contribution in [2.24, 2.45) is 0 Å². The molecule has 0 N–H and O–H groups in total. The van der Waals surface area contributed by atoms with E-state index in [9.17, 15) is 4.79 Å². The molecule has 0 saturated carbocycles. The van der Waals surface area contributed by atoms with Crippen molar-refractivity contribution < 1.29 is 19.0 Å². The average molecular weight is 362 g/mol. The highest BCUT2D eigenvalue weighted by Gasteiger charge is 2.09. The highest BCUT2D eigenvalue weighted by Crippen LogP contribution is 2.33. The SMILES string of the molecule is COC(=O)Cc1cccc(-c2ccc(OC)c(OCc3ccccc3)c2)c1. The number of methoxy groups -OCH3 is 2. The first-order valence-electron chi connectivity index (χ1n) is 8.70. The molecular weight excluding hydrogens is 340 g/mol. The smallest absolute Gasteiger partial charge is 0.309 e. The van der Waals surface area contributed by atoms with E-state index in [1.165, 1.54) is 7.11 Å². The first kappa shape index (κ1) is 18.5. The molecule has 0 saturated heterocycles. The van der Waals surface area contributed by atoms with Crippen LogP contribution in [0, 0.1) is 0 Å². The molecule has 27 heavy (non-hydrogen) atoms. The molecule has 138 valence electrons. The predicted octanol–water partition coefficient (Wildman–Crippen LogP) is 4.66. The molecule has 0 amide bonds. The molecule has 3 aromatic carbocycles. The van der Waals surface area contributed by atoms with Crippen molar-refractivity contribution in [2.45, 2.75) is 13.0 Å². The van der Waals surface area contributed by atoms with Crippen LogP contribution in [-0.2, 0) is 22.6 Å². The van der Waals surface area contributed by atoms with Gasteiger partial charge in [0.1, 0.15) is 6.61 Å². The van der Waals surface area contributed by atoms with Gasteiger partial charge in [-0.2, -0.15) is 0 Å². The number of benzene rings is 3. The van der Waals surface area contributed by atoms with Gasteiger partial charge in [0, 0.05) is 0 Å². The summed E-state index contributed by atoms with van der Waals surface area (Å²) in [6.07, 6.45) is 0.248. The minimum absolute atomic E-state index is 0.248. The standard InChI is InChI=1S/C23H22O4/c1-25-21-12-11-20(15-22(21)27-16-17-7-4-3-5-8-17)19-10-6-9-18(13-19)14-23(24)26-2/h3-13,15H,14,16H2,1-2H3. The highest BCUT2D eigenvalue weighted by atomic mass is 16.5. The Balaban J connectivity index is 1.84. The Bertz CT molecular complexity index is 903. The van der Waals surface area contributed by atoms with Gasteiger partial charge in [-0.15, -0.1) is 0 Å². The third-order valence-electron chi connectivity index (χ3n) is 4.24.